The third kappa shape index (κ3) is 3.75. The molecular formula is C19H29N3O2S. The molecule has 0 radical (unpaired) electrons. The summed E-state index contributed by atoms with van der Waals surface area (Å²) >= 11 is 1.68. The number of aryl methyl sites for hydroxylation is 1. The lowest BCUT2D eigenvalue weighted by molar-refractivity contribution is -0.129. The van der Waals surface area contributed by atoms with Crippen molar-refractivity contribution < 1.29 is 9.59 Å². The average molecular weight is 364 g/mol. The molecule has 0 N–H and O–H groups in total. The summed E-state index contributed by atoms with van der Waals surface area (Å²) in [7, 11) is 3.60. The van der Waals surface area contributed by atoms with Gasteiger partial charge in [0.05, 0.1) is 12.1 Å². The zero-order valence-electron chi connectivity index (χ0n) is 15.7. The highest BCUT2D eigenvalue weighted by Crippen LogP contribution is 2.31. The molecule has 4 heterocycles. The van der Waals surface area contributed by atoms with Crippen molar-refractivity contribution in [2.24, 2.45) is 5.92 Å². The minimum absolute atomic E-state index is 0.140. The van der Waals surface area contributed by atoms with Crippen LogP contribution in [-0.4, -0.2) is 72.8 Å². The number of likely N-dealkylation sites (N-methyl/N-ethyl adjacent to an activating group) is 1. The zero-order valence-corrected chi connectivity index (χ0v) is 16.6. The van der Waals surface area contributed by atoms with Crippen LogP contribution < -0.4 is 0 Å². The molecule has 0 spiro atoms. The zero-order chi connectivity index (χ0) is 18.1. The molecule has 2 bridgehead atoms. The van der Waals surface area contributed by atoms with E-state index in [1.807, 2.05) is 5.38 Å². The minimum atomic E-state index is 0.140. The van der Waals surface area contributed by atoms with E-state index in [1.165, 1.54) is 10.4 Å². The molecule has 1 aromatic rings. The fourth-order valence-corrected chi connectivity index (χ4v) is 5.08. The normalized spacial score (nSPS) is 23.6. The van der Waals surface area contributed by atoms with Gasteiger partial charge in [-0.05, 0) is 37.7 Å². The van der Waals surface area contributed by atoms with Crippen LogP contribution in [0.4, 0.5) is 0 Å². The summed E-state index contributed by atoms with van der Waals surface area (Å²) in [5, 5.41) is 2.03. The molecule has 6 heteroatoms. The van der Waals surface area contributed by atoms with E-state index < -0.39 is 0 Å². The lowest BCUT2D eigenvalue weighted by atomic mass is 9.94. The Bertz CT molecular complexity index is 655. The summed E-state index contributed by atoms with van der Waals surface area (Å²) in [4.78, 5) is 32.5. The van der Waals surface area contributed by atoms with E-state index in [9.17, 15) is 9.59 Å². The molecule has 1 aromatic heterocycles. The molecule has 0 saturated carbocycles. The summed E-state index contributed by atoms with van der Waals surface area (Å²) in [6.45, 7) is 7.24. The molecule has 0 aliphatic carbocycles. The molecule has 3 aliphatic rings. The highest BCUT2D eigenvalue weighted by Gasteiger charge is 2.38. The maximum absolute atomic E-state index is 13.2. The van der Waals surface area contributed by atoms with Crippen molar-refractivity contribution in [3.63, 3.8) is 0 Å². The number of hydrogen-bond donors (Lipinski definition) is 0. The van der Waals surface area contributed by atoms with Crippen LogP contribution >= 0.6 is 11.3 Å². The first-order valence-electron chi connectivity index (χ1n) is 9.21. The van der Waals surface area contributed by atoms with Crippen LogP contribution in [0.2, 0.25) is 0 Å². The lowest BCUT2D eigenvalue weighted by Crippen LogP contribution is -2.48. The molecule has 2 amide bonds. The second-order valence-electron chi connectivity index (χ2n) is 7.57. The quantitative estimate of drug-likeness (QED) is 0.824. The predicted molar refractivity (Wildman–Crippen MR) is 101 cm³/mol. The summed E-state index contributed by atoms with van der Waals surface area (Å²) in [6.07, 6.45) is 3.11. The van der Waals surface area contributed by atoms with Gasteiger partial charge in [-0.3, -0.25) is 14.5 Å². The van der Waals surface area contributed by atoms with Gasteiger partial charge in [-0.2, -0.15) is 0 Å². The first-order chi connectivity index (χ1) is 11.9. The first-order valence-corrected chi connectivity index (χ1v) is 10.1. The van der Waals surface area contributed by atoms with Gasteiger partial charge in [0.1, 0.15) is 0 Å². The summed E-state index contributed by atoms with van der Waals surface area (Å²) in [5.74, 6) is 0.806. The average Bonchev–Trinajstić information content (AvgIpc) is 2.74. The lowest BCUT2D eigenvalue weighted by Gasteiger charge is -2.36. The monoisotopic (exact) mass is 363 g/mol. The number of nitrogens with zero attached hydrogens (tertiary/aromatic N) is 3. The van der Waals surface area contributed by atoms with E-state index in [4.69, 9.17) is 0 Å². The molecule has 0 aromatic carbocycles. The number of rotatable bonds is 4. The molecule has 3 saturated heterocycles. The highest BCUT2D eigenvalue weighted by molar-refractivity contribution is 7.10. The Kier molecular flexibility index (Phi) is 5.49. The predicted octanol–water partition coefficient (Wildman–Crippen LogP) is 2.24. The van der Waals surface area contributed by atoms with Crippen molar-refractivity contribution in [2.75, 3.05) is 40.3 Å². The molecule has 4 rings (SSSR count). The second kappa shape index (κ2) is 7.46. The van der Waals surface area contributed by atoms with Crippen LogP contribution in [0.5, 0.6) is 0 Å². The molecule has 3 fully saturated rings. The van der Waals surface area contributed by atoms with Crippen molar-refractivity contribution in [2.45, 2.75) is 39.2 Å². The maximum atomic E-state index is 13.2. The molecule has 138 valence electrons. The fourth-order valence-electron chi connectivity index (χ4n) is 4.14. The fraction of sp³-hybridized carbons (Fsp3) is 0.684. The summed E-state index contributed by atoms with van der Waals surface area (Å²) in [6, 6.07) is 0.228. The molecule has 0 unspecified atom stereocenters. The molecule has 2 atom stereocenters. The molecule has 5 nitrogen and oxygen atoms in total. The SMILES string of the molecule is CCc1c(C(=O)N2C[C@H]3CC[C@@H]2CN(CC(=O)N(C)C)C3)csc1C. The van der Waals surface area contributed by atoms with Crippen LogP contribution in [0.15, 0.2) is 5.38 Å². The van der Waals surface area contributed by atoms with E-state index in [-0.39, 0.29) is 17.9 Å². The van der Waals surface area contributed by atoms with E-state index in [0.29, 0.717) is 12.5 Å². The molecular weight excluding hydrogens is 334 g/mol. The maximum Gasteiger partial charge on any atom is 0.255 e. The van der Waals surface area contributed by atoms with Crippen LogP contribution in [0, 0.1) is 12.8 Å². The highest BCUT2D eigenvalue weighted by atomic mass is 32.1. The largest absolute Gasteiger partial charge is 0.348 e. The Balaban J connectivity index is 1.76. The van der Waals surface area contributed by atoms with Gasteiger partial charge >= 0.3 is 0 Å². The Hall–Kier alpha value is -1.40. The van der Waals surface area contributed by atoms with Crippen molar-refractivity contribution >= 4 is 23.2 Å². The van der Waals surface area contributed by atoms with Crippen molar-refractivity contribution in [3.8, 4) is 0 Å². The number of thiophene rings is 1. The minimum Gasteiger partial charge on any atom is -0.348 e. The van der Waals surface area contributed by atoms with Gasteiger partial charge in [-0.1, -0.05) is 6.92 Å². The standard InChI is InChI=1S/C19H29N3O2S/c1-5-16-13(2)25-12-17(16)19(24)22-9-14-6-7-15(22)10-21(8-14)11-18(23)20(3)4/h12,14-15H,5-11H2,1-4H3/t14-,15+/m0/s1. The first kappa shape index (κ1) is 18.4. The van der Waals surface area contributed by atoms with Gasteiger partial charge in [0.2, 0.25) is 5.91 Å². The third-order valence-corrected chi connectivity index (χ3v) is 6.55. The van der Waals surface area contributed by atoms with E-state index in [1.54, 1.807) is 30.3 Å². The summed E-state index contributed by atoms with van der Waals surface area (Å²) in [5.41, 5.74) is 2.10. The van der Waals surface area contributed by atoms with Crippen LogP contribution in [0.25, 0.3) is 0 Å². The number of piperidine rings is 1. The van der Waals surface area contributed by atoms with E-state index >= 15 is 0 Å². The number of hydrogen-bond acceptors (Lipinski definition) is 4. The molecule has 3 aliphatic heterocycles. The number of fused-ring (bicyclic) bond motifs is 4. The summed E-state index contributed by atoms with van der Waals surface area (Å²) < 4.78 is 0. The Morgan fingerprint density at radius 2 is 2.00 bits per heavy atom. The van der Waals surface area contributed by atoms with Gasteiger partial charge in [-0.25, -0.2) is 0 Å². The Labute approximate surface area is 154 Å². The number of amides is 2. The van der Waals surface area contributed by atoms with Crippen molar-refractivity contribution in [1.82, 2.24) is 14.7 Å². The van der Waals surface area contributed by atoms with Gasteiger partial charge in [0.25, 0.3) is 5.91 Å². The van der Waals surface area contributed by atoms with Crippen LogP contribution in [-0.2, 0) is 11.2 Å². The number of carbonyl (C=O) groups excluding carboxylic acids is 2. The van der Waals surface area contributed by atoms with Gasteiger partial charge in [0, 0.05) is 50.0 Å². The van der Waals surface area contributed by atoms with Crippen LogP contribution in [0.1, 0.15) is 40.6 Å². The van der Waals surface area contributed by atoms with E-state index in [2.05, 4.69) is 23.6 Å². The third-order valence-electron chi connectivity index (χ3n) is 5.60. The van der Waals surface area contributed by atoms with Crippen LogP contribution in [0.3, 0.4) is 0 Å². The van der Waals surface area contributed by atoms with Crippen molar-refractivity contribution in [3.05, 3.63) is 21.4 Å². The second-order valence-corrected chi connectivity index (χ2v) is 8.66. The Morgan fingerprint density at radius 1 is 1.24 bits per heavy atom. The van der Waals surface area contributed by atoms with E-state index in [0.717, 1.165) is 44.5 Å². The Morgan fingerprint density at radius 3 is 2.68 bits per heavy atom. The van der Waals surface area contributed by atoms with Gasteiger partial charge in [-0.15, -0.1) is 11.3 Å². The number of carbonyl (C=O) groups is 2. The topological polar surface area (TPSA) is 43.9 Å². The van der Waals surface area contributed by atoms with Crippen molar-refractivity contribution in [1.29, 1.82) is 0 Å². The molecule has 25 heavy (non-hydrogen) atoms. The van der Waals surface area contributed by atoms with Gasteiger partial charge in [0.15, 0.2) is 0 Å². The smallest absolute Gasteiger partial charge is 0.255 e. The van der Waals surface area contributed by atoms with Gasteiger partial charge < -0.3 is 9.80 Å².